The second-order valence-electron chi connectivity index (χ2n) is 5.32. The third kappa shape index (κ3) is 5.11. The summed E-state index contributed by atoms with van der Waals surface area (Å²) < 4.78 is 0. The van der Waals surface area contributed by atoms with Crippen LogP contribution in [0.2, 0.25) is 0 Å². The monoisotopic (exact) mass is 268 g/mol. The highest BCUT2D eigenvalue weighted by Gasteiger charge is 2.15. The molecule has 1 radical (unpaired) electrons. The molecule has 2 rings (SSSR count). The van der Waals surface area contributed by atoms with Gasteiger partial charge in [-0.15, -0.1) is 0 Å². The maximum absolute atomic E-state index is 4.37. The predicted octanol–water partition coefficient (Wildman–Crippen LogP) is 6.09. The van der Waals surface area contributed by atoms with Crippen molar-refractivity contribution in [2.45, 2.75) is 70.6 Å². The van der Waals surface area contributed by atoms with Crippen molar-refractivity contribution in [3.63, 3.8) is 0 Å². The Labute approximate surface area is 109 Å². The molecule has 2 aliphatic rings. The van der Waals surface area contributed by atoms with Crippen molar-refractivity contribution >= 4 is 15.9 Å². The standard InChI is InChI=1S/C14H24NP2/c1-2-4-6-8-10-13(11-9-7-5-3-1)14-12-15-17-16-14/h12-13H,1-11H2. The number of hydrogen-bond acceptors (Lipinski definition) is 0. The largest absolute Gasteiger partial charge is 0.230 e. The molecule has 0 N–H and O–H groups in total. The molecule has 3 heteroatoms. The Hall–Kier alpha value is 0.140. The SMILES string of the molecule is C1=C(C2CCCCCCCCCCC2)P=P[N]1. The van der Waals surface area contributed by atoms with Crippen molar-refractivity contribution < 1.29 is 0 Å². The molecule has 0 saturated heterocycles. The van der Waals surface area contributed by atoms with Crippen LogP contribution in [0.4, 0.5) is 0 Å². The average molecular weight is 268 g/mol. The first-order chi connectivity index (χ1) is 8.47. The van der Waals surface area contributed by atoms with Crippen LogP contribution in [0.15, 0.2) is 11.5 Å². The van der Waals surface area contributed by atoms with Gasteiger partial charge in [0.05, 0.1) is 8.02 Å². The van der Waals surface area contributed by atoms with Gasteiger partial charge in [0, 0.05) is 11.5 Å². The van der Waals surface area contributed by atoms with Crippen molar-refractivity contribution in [2.24, 2.45) is 5.92 Å². The molecule has 0 aromatic heterocycles. The summed E-state index contributed by atoms with van der Waals surface area (Å²) in [5, 5.41) is 6.00. The van der Waals surface area contributed by atoms with Gasteiger partial charge in [-0.2, -0.15) is 0 Å². The van der Waals surface area contributed by atoms with Crippen molar-refractivity contribution in [3.8, 4) is 0 Å². The van der Waals surface area contributed by atoms with Gasteiger partial charge in [0.25, 0.3) is 0 Å². The Morgan fingerprint density at radius 1 is 0.824 bits per heavy atom. The van der Waals surface area contributed by atoms with E-state index in [9.17, 15) is 0 Å². The van der Waals surface area contributed by atoms with Crippen LogP contribution in [0, 0.1) is 5.92 Å². The highest BCUT2D eigenvalue weighted by Crippen LogP contribution is 2.40. The summed E-state index contributed by atoms with van der Waals surface area (Å²) in [7, 11) is 2.73. The van der Waals surface area contributed by atoms with E-state index in [0.717, 1.165) is 5.92 Å². The van der Waals surface area contributed by atoms with Crippen molar-refractivity contribution in [3.05, 3.63) is 11.5 Å². The first kappa shape index (κ1) is 13.6. The van der Waals surface area contributed by atoms with Crippen molar-refractivity contribution in [2.75, 3.05) is 0 Å². The second kappa shape index (κ2) is 8.28. The minimum atomic E-state index is 0.856. The lowest BCUT2D eigenvalue weighted by molar-refractivity contribution is 0.445. The molecular formula is C14H24NP2. The maximum atomic E-state index is 4.37. The summed E-state index contributed by atoms with van der Waals surface area (Å²) in [4.78, 5) is 0. The quantitative estimate of drug-likeness (QED) is 0.511. The Morgan fingerprint density at radius 2 is 1.35 bits per heavy atom. The summed E-state index contributed by atoms with van der Waals surface area (Å²) in [6.45, 7) is 0. The average Bonchev–Trinajstić information content (AvgIpc) is 2.83. The van der Waals surface area contributed by atoms with Gasteiger partial charge < -0.3 is 0 Å². The van der Waals surface area contributed by atoms with Gasteiger partial charge in [-0.05, 0) is 26.6 Å². The van der Waals surface area contributed by atoms with E-state index in [4.69, 9.17) is 0 Å². The molecule has 1 fully saturated rings. The van der Waals surface area contributed by atoms with E-state index in [1.54, 1.807) is 5.31 Å². The van der Waals surface area contributed by atoms with Crippen LogP contribution < -0.4 is 5.09 Å². The molecule has 0 spiro atoms. The van der Waals surface area contributed by atoms with E-state index in [0.29, 0.717) is 0 Å². The summed E-state index contributed by atoms with van der Waals surface area (Å²) in [6, 6.07) is 0. The third-order valence-corrected chi connectivity index (χ3v) is 6.22. The Balaban J connectivity index is 1.82. The van der Waals surface area contributed by atoms with Gasteiger partial charge in [0.1, 0.15) is 0 Å². The van der Waals surface area contributed by atoms with Crippen LogP contribution >= 0.6 is 15.9 Å². The van der Waals surface area contributed by atoms with Gasteiger partial charge in [0.2, 0.25) is 0 Å². The highest BCUT2D eigenvalue weighted by molar-refractivity contribution is 7.85. The minimum absolute atomic E-state index is 0.856. The molecule has 1 aliphatic carbocycles. The second-order valence-corrected chi connectivity index (χ2v) is 7.58. The van der Waals surface area contributed by atoms with Gasteiger partial charge in [-0.3, -0.25) is 0 Å². The van der Waals surface area contributed by atoms with E-state index in [-0.39, 0.29) is 0 Å². The number of rotatable bonds is 1. The summed E-state index contributed by atoms with van der Waals surface area (Å²) in [5.74, 6) is 0.856. The van der Waals surface area contributed by atoms with Crippen LogP contribution in [-0.4, -0.2) is 0 Å². The molecule has 95 valence electrons. The molecule has 0 bridgehead atoms. The van der Waals surface area contributed by atoms with E-state index in [2.05, 4.69) is 11.3 Å². The highest BCUT2D eigenvalue weighted by atomic mass is 31.7. The Bertz CT molecular complexity index is 261. The third-order valence-electron chi connectivity index (χ3n) is 3.93. The summed E-state index contributed by atoms with van der Waals surface area (Å²) in [6.07, 6.45) is 18.1. The fourth-order valence-corrected chi connectivity index (χ4v) is 5.05. The zero-order valence-corrected chi connectivity index (χ0v) is 12.6. The van der Waals surface area contributed by atoms with E-state index in [1.807, 2.05) is 0 Å². The van der Waals surface area contributed by atoms with Crippen LogP contribution in [0.5, 0.6) is 0 Å². The molecule has 0 atom stereocenters. The lowest BCUT2D eigenvalue weighted by atomic mass is 9.92. The maximum Gasteiger partial charge on any atom is 0.0696 e. The van der Waals surface area contributed by atoms with Gasteiger partial charge in [0.15, 0.2) is 0 Å². The molecule has 1 nitrogen and oxygen atoms in total. The van der Waals surface area contributed by atoms with Gasteiger partial charge >= 0.3 is 0 Å². The fourth-order valence-electron chi connectivity index (χ4n) is 2.83. The molecule has 0 aromatic rings. The van der Waals surface area contributed by atoms with E-state index >= 15 is 0 Å². The fraction of sp³-hybridized carbons (Fsp3) is 0.857. The van der Waals surface area contributed by atoms with Gasteiger partial charge in [-0.25, -0.2) is 5.09 Å². The minimum Gasteiger partial charge on any atom is -0.230 e. The molecule has 0 unspecified atom stereocenters. The zero-order chi connectivity index (χ0) is 11.8. The van der Waals surface area contributed by atoms with E-state index < -0.39 is 0 Å². The summed E-state index contributed by atoms with van der Waals surface area (Å²) >= 11 is 0. The molecule has 1 saturated carbocycles. The van der Waals surface area contributed by atoms with Crippen molar-refractivity contribution in [1.82, 2.24) is 5.09 Å². The number of allylic oxidation sites excluding steroid dienone is 1. The molecule has 0 aromatic carbocycles. The van der Waals surface area contributed by atoms with Crippen molar-refractivity contribution in [1.29, 1.82) is 0 Å². The van der Waals surface area contributed by atoms with Crippen LogP contribution in [0.3, 0.4) is 0 Å². The molecular weight excluding hydrogens is 244 g/mol. The lowest BCUT2D eigenvalue weighted by Gasteiger charge is -2.17. The smallest absolute Gasteiger partial charge is 0.0696 e. The topological polar surface area (TPSA) is 14.1 Å². The Kier molecular flexibility index (Phi) is 6.61. The van der Waals surface area contributed by atoms with Crippen LogP contribution in [0.25, 0.3) is 0 Å². The lowest BCUT2D eigenvalue weighted by Crippen LogP contribution is -2.02. The van der Waals surface area contributed by atoms with E-state index in [1.165, 1.54) is 86.5 Å². The normalized spacial score (nSPS) is 26.5. The summed E-state index contributed by atoms with van der Waals surface area (Å²) in [5.41, 5.74) is 0. The Morgan fingerprint density at radius 3 is 1.82 bits per heavy atom. The number of hydrogen-bond donors (Lipinski definition) is 0. The molecule has 1 aliphatic heterocycles. The first-order valence-corrected chi connectivity index (χ1v) is 9.72. The molecule has 1 heterocycles. The van der Waals surface area contributed by atoms with Crippen LogP contribution in [0.1, 0.15) is 70.6 Å². The zero-order valence-electron chi connectivity index (χ0n) is 10.8. The predicted molar refractivity (Wildman–Crippen MR) is 78.3 cm³/mol. The first-order valence-electron chi connectivity index (χ1n) is 7.28. The molecule has 0 amide bonds. The van der Waals surface area contributed by atoms with Crippen LogP contribution in [-0.2, 0) is 0 Å². The number of nitrogens with zero attached hydrogens (tertiary/aromatic N) is 1. The van der Waals surface area contributed by atoms with Gasteiger partial charge in [-0.1, -0.05) is 57.8 Å². The molecule has 17 heavy (non-hydrogen) atoms.